The van der Waals surface area contributed by atoms with Gasteiger partial charge in [0.05, 0.1) is 6.10 Å². The Hall–Kier alpha value is -0.860. The van der Waals surface area contributed by atoms with Crippen molar-refractivity contribution in [1.82, 2.24) is 5.32 Å². The molecule has 0 bridgehead atoms. The van der Waals surface area contributed by atoms with Crippen molar-refractivity contribution in [3.63, 3.8) is 0 Å². The lowest BCUT2D eigenvalue weighted by Crippen LogP contribution is -2.62. The third-order valence-corrected chi connectivity index (χ3v) is 5.68. The summed E-state index contributed by atoms with van der Waals surface area (Å²) in [6, 6.07) is 9.48. The fourth-order valence-corrected chi connectivity index (χ4v) is 3.90. The average molecular weight is 273 g/mol. The fraction of sp³-hybridized carbons (Fsp3) is 0.667. The molecule has 0 aromatic heterocycles. The second-order valence-corrected chi connectivity index (χ2v) is 6.60. The lowest BCUT2D eigenvalue weighted by Gasteiger charge is -2.54. The molecule has 0 aliphatic heterocycles. The van der Waals surface area contributed by atoms with Gasteiger partial charge in [-0.2, -0.15) is 0 Å². The van der Waals surface area contributed by atoms with E-state index < -0.39 is 0 Å². The Labute approximate surface area is 122 Å². The van der Waals surface area contributed by atoms with Crippen LogP contribution in [0.3, 0.4) is 0 Å². The number of nitrogens with one attached hydrogen (secondary N) is 1. The largest absolute Gasteiger partial charge is 0.378 e. The van der Waals surface area contributed by atoms with Crippen LogP contribution in [-0.4, -0.2) is 25.3 Å². The third kappa shape index (κ3) is 2.19. The second kappa shape index (κ2) is 5.50. The Balaban J connectivity index is 1.53. The third-order valence-electron chi connectivity index (χ3n) is 5.68. The molecule has 1 aromatic carbocycles. The summed E-state index contributed by atoms with van der Waals surface area (Å²) in [5.41, 5.74) is 3.41. The number of benzene rings is 1. The highest BCUT2D eigenvalue weighted by molar-refractivity contribution is 5.40. The van der Waals surface area contributed by atoms with Crippen molar-refractivity contribution in [2.75, 3.05) is 13.2 Å². The molecule has 4 unspecified atom stereocenters. The van der Waals surface area contributed by atoms with E-state index in [1.807, 2.05) is 0 Å². The molecule has 110 valence electrons. The fourth-order valence-electron chi connectivity index (χ4n) is 3.90. The Morgan fingerprint density at radius 1 is 1.30 bits per heavy atom. The van der Waals surface area contributed by atoms with Crippen molar-refractivity contribution in [2.45, 2.75) is 58.1 Å². The van der Waals surface area contributed by atoms with E-state index in [-0.39, 0.29) is 0 Å². The Kier molecular flexibility index (Phi) is 3.87. The standard InChI is InChI=1S/C18H27NO/c1-4-18(3)16(11-17(18)20-5-2)19-12-14-10-13-8-6-7-9-15(13)14/h6-9,14,16-17,19H,4-5,10-12H2,1-3H3. The lowest BCUT2D eigenvalue weighted by atomic mass is 9.61. The van der Waals surface area contributed by atoms with Crippen LogP contribution in [0.4, 0.5) is 0 Å². The van der Waals surface area contributed by atoms with Gasteiger partial charge in [-0.25, -0.2) is 0 Å². The molecule has 1 saturated carbocycles. The Bertz CT molecular complexity index is 472. The predicted octanol–water partition coefficient (Wildman–Crippen LogP) is 3.51. The summed E-state index contributed by atoms with van der Waals surface area (Å²) in [7, 11) is 0. The molecule has 2 heteroatoms. The zero-order chi connectivity index (χ0) is 14.2. The van der Waals surface area contributed by atoms with Gasteiger partial charge in [0.25, 0.3) is 0 Å². The van der Waals surface area contributed by atoms with Crippen molar-refractivity contribution in [1.29, 1.82) is 0 Å². The minimum atomic E-state index is 0.319. The van der Waals surface area contributed by atoms with Crippen molar-refractivity contribution in [3.05, 3.63) is 35.4 Å². The van der Waals surface area contributed by atoms with Gasteiger partial charge in [0, 0.05) is 30.5 Å². The molecule has 2 nitrogen and oxygen atoms in total. The molecule has 2 aliphatic carbocycles. The summed E-state index contributed by atoms with van der Waals surface area (Å²) in [6.45, 7) is 8.73. The minimum Gasteiger partial charge on any atom is -0.378 e. The molecule has 1 N–H and O–H groups in total. The van der Waals surface area contributed by atoms with Gasteiger partial charge in [0.1, 0.15) is 0 Å². The van der Waals surface area contributed by atoms with Crippen LogP contribution in [0.5, 0.6) is 0 Å². The monoisotopic (exact) mass is 273 g/mol. The molecule has 0 spiro atoms. The maximum absolute atomic E-state index is 5.88. The molecule has 4 atom stereocenters. The molecule has 0 heterocycles. The number of hydrogen-bond donors (Lipinski definition) is 1. The van der Waals surface area contributed by atoms with Gasteiger partial charge in [0.15, 0.2) is 0 Å². The van der Waals surface area contributed by atoms with Gasteiger partial charge in [-0.15, -0.1) is 0 Å². The van der Waals surface area contributed by atoms with E-state index in [9.17, 15) is 0 Å². The van der Waals surface area contributed by atoms with Crippen LogP contribution in [0.1, 0.15) is 50.7 Å². The Morgan fingerprint density at radius 2 is 2.10 bits per heavy atom. The molecule has 0 radical (unpaired) electrons. The minimum absolute atomic E-state index is 0.319. The van der Waals surface area contributed by atoms with Crippen LogP contribution in [0.2, 0.25) is 0 Å². The molecular formula is C18H27NO. The summed E-state index contributed by atoms with van der Waals surface area (Å²) in [6.07, 6.45) is 4.06. The summed E-state index contributed by atoms with van der Waals surface area (Å²) >= 11 is 0. The first kappa shape index (κ1) is 14.1. The van der Waals surface area contributed by atoms with E-state index in [2.05, 4.69) is 50.4 Å². The summed E-state index contributed by atoms with van der Waals surface area (Å²) in [4.78, 5) is 0. The molecule has 0 amide bonds. The van der Waals surface area contributed by atoms with Crippen LogP contribution in [0.25, 0.3) is 0 Å². The zero-order valence-corrected chi connectivity index (χ0v) is 13.0. The predicted molar refractivity (Wildman–Crippen MR) is 83.1 cm³/mol. The molecule has 2 aliphatic rings. The molecule has 1 aromatic rings. The van der Waals surface area contributed by atoms with Crippen molar-refractivity contribution >= 4 is 0 Å². The normalized spacial score (nSPS) is 35.0. The van der Waals surface area contributed by atoms with Crippen LogP contribution in [0, 0.1) is 5.41 Å². The maximum atomic E-state index is 5.88. The first-order valence-electron chi connectivity index (χ1n) is 8.11. The van der Waals surface area contributed by atoms with Gasteiger partial charge in [-0.05, 0) is 37.3 Å². The van der Waals surface area contributed by atoms with Gasteiger partial charge in [-0.3, -0.25) is 0 Å². The number of rotatable bonds is 6. The molecule has 20 heavy (non-hydrogen) atoms. The van der Waals surface area contributed by atoms with Crippen LogP contribution < -0.4 is 5.32 Å². The SMILES string of the molecule is CCOC1CC(NCC2Cc3ccccc32)C1(C)CC. The number of fused-ring (bicyclic) bond motifs is 1. The van der Waals surface area contributed by atoms with E-state index in [1.165, 1.54) is 19.3 Å². The van der Waals surface area contributed by atoms with Gasteiger partial charge < -0.3 is 10.1 Å². The smallest absolute Gasteiger partial charge is 0.0658 e. The second-order valence-electron chi connectivity index (χ2n) is 6.60. The first-order chi connectivity index (χ1) is 9.69. The average Bonchev–Trinajstić information content (AvgIpc) is 2.45. The molecular weight excluding hydrogens is 246 g/mol. The van der Waals surface area contributed by atoms with E-state index in [1.54, 1.807) is 11.1 Å². The lowest BCUT2D eigenvalue weighted by molar-refractivity contribution is -0.125. The van der Waals surface area contributed by atoms with Crippen molar-refractivity contribution < 1.29 is 4.74 Å². The van der Waals surface area contributed by atoms with Gasteiger partial charge in [-0.1, -0.05) is 38.1 Å². The molecule has 1 fully saturated rings. The van der Waals surface area contributed by atoms with E-state index >= 15 is 0 Å². The van der Waals surface area contributed by atoms with E-state index in [4.69, 9.17) is 4.74 Å². The van der Waals surface area contributed by atoms with Crippen LogP contribution in [0.15, 0.2) is 24.3 Å². The van der Waals surface area contributed by atoms with Crippen LogP contribution >= 0.6 is 0 Å². The molecule has 0 saturated heterocycles. The number of ether oxygens (including phenoxy) is 1. The highest BCUT2D eigenvalue weighted by Crippen LogP contribution is 2.46. The molecule has 3 rings (SSSR count). The topological polar surface area (TPSA) is 21.3 Å². The maximum Gasteiger partial charge on any atom is 0.0658 e. The van der Waals surface area contributed by atoms with E-state index in [0.29, 0.717) is 17.6 Å². The zero-order valence-electron chi connectivity index (χ0n) is 13.0. The highest BCUT2D eigenvalue weighted by atomic mass is 16.5. The van der Waals surface area contributed by atoms with Crippen LogP contribution in [-0.2, 0) is 11.2 Å². The van der Waals surface area contributed by atoms with Gasteiger partial charge in [0.2, 0.25) is 0 Å². The van der Waals surface area contributed by atoms with Gasteiger partial charge >= 0.3 is 0 Å². The summed E-state index contributed by atoms with van der Waals surface area (Å²) in [5.74, 6) is 0.721. The Morgan fingerprint density at radius 3 is 2.80 bits per heavy atom. The number of hydrogen-bond acceptors (Lipinski definition) is 2. The van der Waals surface area contributed by atoms with Crippen molar-refractivity contribution in [3.8, 4) is 0 Å². The highest BCUT2D eigenvalue weighted by Gasteiger charge is 2.50. The summed E-state index contributed by atoms with van der Waals surface area (Å²) in [5, 5.41) is 3.81. The quantitative estimate of drug-likeness (QED) is 0.856. The van der Waals surface area contributed by atoms with E-state index in [0.717, 1.165) is 19.1 Å². The van der Waals surface area contributed by atoms with Crippen molar-refractivity contribution in [2.24, 2.45) is 5.41 Å². The summed E-state index contributed by atoms with van der Waals surface area (Å²) < 4.78 is 5.88. The first-order valence-corrected chi connectivity index (χ1v) is 8.11.